The highest BCUT2D eigenvalue weighted by Crippen LogP contribution is 2.31. The Morgan fingerprint density at radius 3 is 2.67 bits per heavy atom. The Balaban J connectivity index is 2.40. The molecule has 1 aromatic heterocycles. The van der Waals surface area contributed by atoms with Crippen molar-refractivity contribution in [2.24, 2.45) is 0 Å². The largest absolute Gasteiger partial charge is 0.492 e. The van der Waals surface area contributed by atoms with Crippen molar-refractivity contribution in [1.82, 2.24) is 10.3 Å². The lowest BCUT2D eigenvalue weighted by atomic mass is 10.00. The fourth-order valence-corrected chi connectivity index (χ4v) is 3.46. The summed E-state index contributed by atoms with van der Waals surface area (Å²) in [5.41, 5.74) is 2.27. The first-order chi connectivity index (χ1) is 10.2. The van der Waals surface area contributed by atoms with Crippen molar-refractivity contribution in [1.29, 1.82) is 0 Å². The molecule has 0 saturated heterocycles. The van der Waals surface area contributed by atoms with Gasteiger partial charge in [0.05, 0.1) is 18.8 Å². The van der Waals surface area contributed by atoms with Gasteiger partial charge in [0.15, 0.2) is 0 Å². The van der Waals surface area contributed by atoms with Crippen molar-refractivity contribution in [3.63, 3.8) is 0 Å². The summed E-state index contributed by atoms with van der Waals surface area (Å²) in [5.74, 6) is 0.797. The minimum Gasteiger partial charge on any atom is -0.492 e. The maximum absolute atomic E-state index is 5.55. The number of halogens is 2. The molecule has 0 amide bonds. The van der Waals surface area contributed by atoms with Gasteiger partial charge in [0.25, 0.3) is 0 Å². The number of rotatable bonds is 6. The van der Waals surface area contributed by atoms with Gasteiger partial charge in [-0.25, -0.2) is 0 Å². The van der Waals surface area contributed by atoms with Crippen LogP contribution in [0.4, 0.5) is 0 Å². The first kappa shape index (κ1) is 16.5. The lowest BCUT2D eigenvalue weighted by molar-refractivity contribution is 0.338. The molecular weight excluding hydrogens is 396 g/mol. The van der Waals surface area contributed by atoms with Gasteiger partial charge in [0, 0.05) is 15.1 Å². The molecule has 2 rings (SSSR count). The van der Waals surface area contributed by atoms with Gasteiger partial charge in [-0.3, -0.25) is 4.98 Å². The van der Waals surface area contributed by atoms with E-state index in [4.69, 9.17) is 4.74 Å². The van der Waals surface area contributed by atoms with E-state index >= 15 is 0 Å². The summed E-state index contributed by atoms with van der Waals surface area (Å²) < 4.78 is 7.66. The Morgan fingerprint density at radius 1 is 1.19 bits per heavy atom. The molecule has 0 saturated carbocycles. The number of nitrogens with one attached hydrogen (secondary N) is 1. The van der Waals surface area contributed by atoms with Crippen molar-refractivity contribution in [3.05, 3.63) is 56.7 Å². The number of nitrogens with zero attached hydrogens (tertiary/aromatic N) is 1. The molecule has 1 atom stereocenters. The zero-order valence-electron chi connectivity index (χ0n) is 12.1. The highest BCUT2D eigenvalue weighted by atomic mass is 79.9. The van der Waals surface area contributed by atoms with Crippen LogP contribution in [0, 0.1) is 0 Å². The van der Waals surface area contributed by atoms with Crippen molar-refractivity contribution in [2.45, 2.75) is 19.9 Å². The van der Waals surface area contributed by atoms with Crippen LogP contribution in [0.5, 0.6) is 5.75 Å². The summed E-state index contributed by atoms with van der Waals surface area (Å²) in [6, 6.07) is 8.32. The van der Waals surface area contributed by atoms with Crippen molar-refractivity contribution in [2.75, 3.05) is 13.2 Å². The van der Waals surface area contributed by atoms with Gasteiger partial charge in [-0.15, -0.1) is 0 Å². The number of hydrogen-bond donors (Lipinski definition) is 1. The van der Waals surface area contributed by atoms with Crippen LogP contribution in [-0.2, 0) is 0 Å². The van der Waals surface area contributed by atoms with Gasteiger partial charge in [0.1, 0.15) is 5.75 Å². The Hall–Kier alpha value is -0.910. The zero-order chi connectivity index (χ0) is 15.2. The summed E-state index contributed by atoms with van der Waals surface area (Å²) in [7, 11) is 0. The summed E-state index contributed by atoms with van der Waals surface area (Å²) in [4.78, 5) is 4.29. The highest BCUT2D eigenvalue weighted by Gasteiger charge is 2.17. The molecule has 1 heterocycles. The molecule has 2 aromatic rings. The van der Waals surface area contributed by atoms with E-state index in [-0.39, 0.29) is 6.04 Å². The minimum absolute atomic E-state index is 0.0744. The molecule has 0 aliphatic heterocycles. The van der Waals surface area contributed by atoms with E-state index in [1.807, 2.05) is 25.3 Å². The Morgan fingerprint density at radius 2 is 2.00 bits per heavy atom. The Labute approximate surface area is 142 Å². The second kappa shape index (κ2) is 7.92. The van der Waals surface area contributed by atoms with E-state index in [0.29, 0.717) is 6.61 Å². The van der Waals surface area contributed by atoms with E-state index < -0.39 is 0 Å². The number of benzene rings is 1. The number of pyridine rings is 1. The van der Waals surface area contributed by atoms with Crippen LogP contribution in [0.3, 0.4) is 0 Å². The van der Waals surface area contributed by atoms with Gasteiger partial charge in [-0.1, -0.05) is 44.8 Å². The van der Waals surface area contributed by atoms with E-state index in [1.54, 1.807) is 6.20 Å². The van der Waals surface area contributed by atoms with Gasteiger partial charge >= 0.3 is 0 Å². The van der Waals surface area contributed by atoms with Crippen molar-refractivity contribution < 1.29 is 4.74 Å². The molecule has 1 N–H and O–H groups in total. The summed E-state index contributed by atoms with van der Waals surface area (Å²) in [5, 5.41) is 3.50. The van der Waals surface area contributed by atoms with Gasteiger partial charge in [0.2, 0.25) is 0 Å². The molecule has 5 heteroatoms. The third-order valence-corrected chi connectivity index (χ3v) is 4.24. The van der Waals surface area contributed by atoms with Gasteiger partial charge in [-0.05, 0) is 42.8 Å². The molecule has 0 bridgehead atoms. The van der Waals surface area contributed by atoms with Crippen LogP contribution in [0.2, 0.25) is 0 Å². The van der Waals surface area contributed by atoms with E-state index in [9.17, 15) is 0 Å². The monoisotopic (exact) mass is 412 g/mol. The van der Waals surface area contributed by atoms with Crippen molar-refractivity contribution >= 4 is 31.9 Å². The van der Waals surface area contributed by atoms with E-state index in [0.717, 1.165) is 26.8 Å². The Bertz CT molecular complexity index is 605. The molecule has 112 valence electrons. The summed E-state index contributed by atoms with van der Waals surface area (Å²) in [6.07, 6.45) is 3.62. The molecule has 0 aliphatic rings. The summed E-state index contributed by atoms with van der Waals surface area (Å²) in [6.45, 7) is 5.57. The number of aromatic nitrogens is 1. The van der Waals surface area contributed by atoms with Gasteiger partial charge < -0.3 is 10.1 Å². The van der Waals surface area contributed by atoms with Crippen LogP contribution in [0.1, 0.15) is 31.0 Å². The molecule has 0 fully saturated rings. The van der Waals surface area contributed by atoms with Crippen LogP contribution in [0.15, 0.2) is 45.6 Å². The fraction of sp³-hybridized carbons (Fsp3) is 0.312. The molecule has 1 unspecified atom stereocenters. The van der Waals surface area contributed by atoms with Crippen LogP contribution >= 0.6 is 31.9 Å². The summed E-state index contributed by atoms with van der Waals surface area (Å²) >= 11 is 7.13. The molecule has 0 aliphatic carbocycles. The van der Waals surface area contributed by atoms with Crippen molar-refractivity contribution in [3.8, 4) is 5.75 Å². The molecule has 0 spiro atoms. The third kappa shape index (κ3) is 4.28. The van der Waals surface area contributed by atoms with Gasteiger partial charge in [-0.2, -0.15) is 0 Å². The second-order valence-electron chi connectivity index (χ2n) is 4.54. The molecule has 0 radical (unpaired) electrons. The second-order valence-corrected chi connectivity index (χ2v) is 6.31. The topological polar surface area (TPSA) is 34.2 Å². The molecular formula is C16H18Br2N2O. The van der Waals surface area contributed by atoms with Crippen LogP contribution < -0.4 is 10.1 Å². The minimum atomic E-state index is 0.0744. The highest BCUT2D eigenvalue weighted by molar-refractivity contribution is 9.11. The average molecular weight is 414 g/mol. The molecule has 21 heavy (non-hydrogen) atoms. The molecule has 3 nitrogen and oxygen atoms in total. The van der Waals surface area contributed by atoms with Crippen LogP contribution in [0.25, 0.3) is 0 Å². The predicted molar refractivity (Wildman–Crippen MR) is 92.8 cm³/mol. The smallest absolute Gasteiger partial charge is 0.137 e. The first-order valence-electron chi connectivity index (χ1n) is 6.91. The third-order valence-electron chi connectivity index (χ3n) is 3.06. The first-order valence-corrected chi connectivity index (χ1v) is 8.50. The lowest BCUT2D eigenvalue weighted by Gasteiger charge is -2.20. The van der Waals surface area contributed by atoms with E-state index in [1.165, 1.54) is 5.56 Å². The standard InChI is InChI=1S/C16H18Br2N2O/c1-3-20-16(14-6-5-12(17)8-15(14)18)11-7-13(21-4-2)10-19-9-11/h5-10,16,20H,3-4H2,1-2H3. The lowest BCUT2D eigenvalue weighted by Crippen LogP contribution is -2.22. The SMILES string of the molecule is CCNC(c1cncc(OCC)c1)c1ccc(Br)cc1Br. The van der Waals surface area contributed by atoms with E-state index in [2.05, 4.69) is 61.2 Å². The average Bonchev–Trinajstić information content (AvgIpc) is 2.46. The maximum Gasteiger partial charge on any atom is 0.137 e. The predicted octanol–water partition coefficient (Wildman–Crippen LogP) is 4.70. The molecule has 1 aromatic carbocycles. The number of hydrogen-bond acceptors (Lipinski definition) is 3. The zero-order valence-corrected chi connectivity index (χ0v) is 15.2. The Kier molecular flexibility index (Phi) is 6.21. The quantitative estimate of drug-likeness (QED) is 0.744. The fourth-order valence-electron chi connectivity index (χ4n) is 2.19. The normalized spacial score (nSPS) is 12.2. The maximum atomic E-state index is 5.55. The van der Waals surface area contributed by atoms with Crippen LogP contribution in [-0.4, -0.2) is 18.1 Å². The number of ether oxygens (including phenoxy) is 1.